The third-order valence-corrected chi connectivity index (χ3v) is 4.06. The molecule has 2 unspecified atom stereocenters. The standard InChI is InChI=1S/C8H14BO6P/c1-3-8-4-13-5(7(9)14-8)6(8)15-16(10,11)12-2/h5-7H,3-4H2,1-2H3,(H,10,11)/t5-,6?,7+,8-/m0/s1. The zero-order valence-electron chi connectivity index (χ0n) is 9.16. The topological polar surface area (TPSA) is 74.2 Å². The van der Waals surface area contributed by atoms with Crippen LogP contribution in [0.1, 0.15) is 13.3 Å². The average molecular weight is 248 g/mol. The molecule has 16 heavy (non-hydrogen) atoms. The molecule has 2 rings (SSSR count). The van der Waals surface area contributed by atoms with Gasteiger partial charge in [0.25, 0.3) is 0 Å². The molecule has 2 aliphatic rings. The van der Waals surface area contributed by atoms with Crippen molar-refractivity contribution in [3.05, 3.63) is 0 Å². The molecular formula is C8H14BO6P. The van der Waals surface area contributed by atoms with Gasteiger partial charge in [-0.05, 0) is 6.42 Å². The molecular weight excluding hydrogens is 234 g/mol. The van der Waals surface area contributed by atoms with E-state index >= 15 is 0 Å². The van der Waals surface area contributed by atoms with E-state index in [0.29, 0.717) is 13.0 Å². The number of hydrogen-bond acceptors (Lipinski definition) is 5. The van der Waals surface area contributed by atoms with Crippen molar-refractivity contribution in [3.8, 4) is 0 Å². The fourth-order valence-corrected chi connectivity index (χ4v) is 2.83. The highest BCUT2D eigenvalue weighted by Crippen LogP contribution is 2.52. The minimum Gasteiger partial charge on any atom is -0.374 e. The summed E-state index contributed by atoms with van der Waals surface area (Å²) in [4.78, 5) is 9.30. The first-order valence-corrected chi connectivity index (χ1v) is 6.55. The van der Waals surface area contributed by atoms with Crippen LogP contribution in [-0.2, 0) is 23.1 Å². The van der Waals surface area contributed by atoms with Crippen molar-refractivity contribution >= 4 is 15.7 Å². The lowest BCUT2D eigenvalue weighted by Crippen LogP contribution is -2.41. The zero-order valence-corrected chi connectivity index (χ0v) is 10.1. The Balaban J connectivity index is 2.18. The number of fused-ring (bicyclic) bond motifs is 2. The molecule has 0 aliphatic carbocycles. The van der Waals surface area contributed by atoms with Crippen LogP contribution in [0.5, 0.6) is 0 Å². The highest BCUT2D eigenvalue weighted by Gasteiger charge is 2.61. The highest BCUT2D eigenvalue weighted by atomic mass is 31.2. The second-order valence-corrected chi connectivity index (χ2v) is 5.47. The van der Waals surface area contributed by atoms with Crippen LogP contribution >= 0.6 is 7.82 Å². The summed E-state index contributed by atoms with van der Waals surface area (Å²) >= 11 is 0. The molecule has 0 aromatic rings. The highest BCUT2D eigenvalue weighted by molar-refractivity contribution is 7.47. The normalized spacial score (nSPS) is 45.8. The molecule has 2 bridgehead atoms. The number of rotatable bonds is 4. The van der Waals surface area contributed by atoms with E-state index in [0.717, 1.165) is 7.11 Å². The minimum absolute atomic E-state index is 0.316. The van der Waals surface area contributed by atoms with Crippen LogP contribution in [0.15, 0.2) is 0 Å². The van der Waals surface area contributed by atoms with Gasteiger partial charge in [0.1, 0.15) is 25.7 Å². The molecule has 0 saturated carbocycles. The van der Waals surface area contributed by atoms with Crippen molar-refractivity contribution in [1.29, 1.82) is 0 Å². The van der Waals surface area contributed by atoms with Crippen LogP contribution in [0.25, 0.3) is 0 Å². The quantitative estimate of drug-likeness (QED) is 0.565. The molecule has 0 spiro atoms. The molecule has 6 nitrogen and oxygen atoms in total. The van der Waals surface area contributed by atoms with Crippen LogP contribution < -0.4 is 0 Å². The Hall–Kier alpha value is 0.0949. The van der Waals surface area contributed by atoms with Gasteiger partial charge in [0.05, 0.1) is 6.61 Å². The number of hydrogen-bond donors (Lipinski definition) is 1. The molecule has 0 amide bonds. The fourth-order valence-electron chi connectivity index (χ4n) is 2.14. The Morgan fingerprint density at radius 2 is 2.38 bits per heavy atom. The van der Waals surface area contributed by atoms with Crippen molar-refractivity contribution in [1.82, 2.24) is 0 Å². The van der Waals surface area contributed by atoms with Crippen LogP contribution in [0.2, 0.25) is 0 Å². The van der Waals surface area contributed by atoms with Crippen LogP contribution in [0.3, 0.4) is 0 Å². The third kappa shape index (κ3) is 1.86. The van der Waals surface area contributed by atoms with Gasteiger partial charge in [-0.15, -0.1) is 0 Å². The fraction of sp³-hybridized carbons (Fsp3) is 1.00. The molecule has 2 radical (unpaired) electrons. The summed E-state index contributed by atoms with van der Waals surface area (Å²) in [6, 6.07) is -0.629. The molecule has 2 saturated heterocycles. The van der Waals surface area contributed by atoms with Crippen molar-refractivity contribution in [3.63, 3.8) is 0 Å². The monoisotopic (exact) mass is 248 g/mol. The predicted molar refractivity (Wildman–Crippen MR) is 55.1 cm³/mol. The summed E-state index contributed by atoms with van der Waals surface area (Å²) in [6.45, 7) is 2.20. The lowest BCUT2D eigenvalue weighted by molar-refractivity contribution is -0.118. The van der Waals surface area contributed by atoms with E-state index in [2.05, 4.69) is 4.52 Å². The molecule has 1 N–H and O–H groups in total. The lowest BCUT2D eigenvalue weighted by Gasteiger charge is -2.29. The Morgan fingerprint density at radius 1 is 1.69 bits per heavy atom. The summed E-state index contributed by atoms with van der Waals surface area (Å²) in [6.07, 6.45) is -0.593. The maximum atomic E-state index is 11.4. The third-order valence-electron chi connectivity index (χ3n) is 3.11. The lowest BCUT2D eigenvalue weighted by atomic mass is 9.91. The molecule has 2 heterocycles. The van der Waals surface area contributed by atoms with Gasteiger partial charge in [0, 0.05) is 13.1 Å². The molecule has 2 aliphatic heterocycles. The van der Waals surface area contributed by atoms with E-state index in [1.165, 1.54) is 0 Å². The Kier molecular flexibility index (Phi) is 3.20. The van der Waals surface area contributed by atoms with Crippen LogP contribution in [-0.4, -0.2) is 50.3 Å². The van der Waals surface area contributed by atoms with Crippen molar-refractivity contribution in [2.75, 3.05) is 13.7 Å². The van der Waals surface area contributed by atoms with Crippen LogP contribution in [0, 0.1) is 0 Å². The number of phosphoric acid groups is 1. The first-order valence-electron chi connectivity index (χ1n) is 5.06. The summed E-state index contributed by atoms with van der Waals surface area (Å²) in [5.74, 6) is 0. The van der Waals surface area contributed by atoms with Gasteiger partial charge >= 0.3 is 7.82 Å². The maximum Gasteiger partial charge on any atom is 0.472 e. The number of ether oxygens (including phenoxy) is 2. The molecule has 0 aromatic carbocycles. The maximum absolute atomic E-state index is 11.4. The van der Waals surface area contributed by atoms with Gasteiger partial charge in [-0.3, -0.25) is 9.05 Å². The van der Waals surface area contributed by atoms with Gasteiger partial charge in [-0.2, -0.15) is 0 Å². The smallest absolute Gasteiger partial charge is 0.374 e. The molecule has 90 valence electrons. The Morgan fingerprint density at radius 3 is 2.88 bits per heavy atom. The van der Waals surface area contributed by atoms with E-state index in [9.17, 15) is 9.46 Å². The van der Waals surface area contributed by atoms with Crippen molar-refractivity contribution < 1.29 is 28.0 Å². The summed E-state index contributed by atoms with van der Waals surface area (Å²) < 4.78 is 31.8. The summed E-state index contributed by atoms with van der Waals surface area (Å²) in [7, 11) is 2.75. The van der Waals surface area contributed by atoms with Crippen molar-refractivity contribution in [2.45, 2.75) is 37.2 Å². The van der Waals surface area contributed by atoms with E-state index < -0.39 is 31.6 Å². The summed E-state index contributed by atoms with van der Waals surface area (Å²) in [5, 5.41) is 0. The average Bonchev–Trinajstić information content (AvgIpc) is 2.70. The zero-order chi connectivity index (χ0) is 12.0. The first kappa shape index (κ1) is 12.5. The number of phosphoric ester groups is 1. The molecule has 0 aromatic heterocycles. The van der Waals surface area contributed by atoms with Gasteiger partial charge in [0.2, 0.25) is 0 Å². The predicted octanol–water partition coefficient (Wildman–Crippen LogP) is 0.191. The van der Waals surface area contributed by atoms with E-state index in [1.54, 1.807) is 0 Å². The SMILES string of the molecule is [B][C@@H]1O[C@@]2(CC)CO[C@H]1C2OP(=O)(O)OC. The van der Waals surface area contributed by atoms with E-state index in [1.807, 2.05) is 6.92 Å². The van der Waals surface area contributed by atoms with Gasteiger partial charge in [-0.25, -0.2) is 4.57 Å². The van der Waals surface area contributed by atoms with Crippen molar-refractivity contribution in [2.24, 2.45) is 0 Å². The first-order chi connectivity index (χ1) is 7.44. The largest absolute Gasteiger partial charge is 0.472 e. The minimum atomic E-state index is -4.06. The van der Waals surface area contributed by atoms with E-state index in [-0.39, 0.29) is 0 Å². The molecule has 2 fully saturated rings. The van der Waals surface area contributed by atoms with Gasteiger partial charge < -0.3 is 14.4 Å². The van der Waals surface area contributed by atoms with Crippen LogP contribution in [0.4, 0.5) is 0 Å². The second-order valence-electron chi connectivity index (χ2n) is 3.95. The Bertz CT molecular complexity index is 326. The Labute approximate surface area is 95.2 Å². The second kappa shape index (κ2) is 4.08. The molecule has 8 heteroatoms. The summed E-state index contributed by atoms with van der Waals surface area (Å²) in [5.41, 5.74) is -0.735. The van der Waals surface area contributed by atoms with Gasteiger partial charge in [-0.1, -0.05) is 6.92 Å². The van der Waals surface area contributed by atoms with Gasteiger partial charge in [0.15, 0.2) is 0 Å². The molecule has 5 atom stereocenters. The van der Waals surface area contributed by atoms with E-state index in [4.69, 9.17) is 21.8 Å².